The van der Waals surface area contributed by atoms with Gasteiger partial charge in [-0.05, 0) is 37.3 Å². The lowest BCUT2D eigenvalue weighted by atomic mass is 10.1. The molecule has 0 aromatic heterocycles. The second kappa shape index (κ2) is 6.00. The van der Waals surface area contributed by atoms with Crippen LogP contribution in [0.25, 0.3) is 0 Å². The van der Waals surface area contributed by atoms with Gasteiger partial charge in [-0.25, -0.2) is 0 Å². The highest BCUT2D eigenvalue weighted by Crippen LogP contribution is 2.25. The summed E-state index contributed by atoms with van der Waals surface area (Å²) in [5.74, 6) is 2.24. The number of carbonyl (C=O) groups is 1. The molecule has 1 heterocycles. The second-order valence-corrected chi connectivity index (χ2v) is 5.52. The number of benzene rings is 1. The van der Waals surface area contributed by atoms with Crippen molar-refractivity contribution in [3.8, 4) is 0 Å². The molecule has 0 radical (unpaired) electrons. The van der Waals surface area contributed by atoms with Crippen LogP contribution in [0.1, 0.15) is 23.7 Å². The summed E-state index contributed by atoms with van der Waals surface area (Å²) in [5, 5.41) is 6.21. The fraction of sp³-hybridized carbons (Fsp3) is 0.462. The summed E-state index contributed by atoms with van der Waals surface area (Å²) in [4.78, 5) is 11.8. The van der Waals surface area contributed by atoms with Crippen molar-refractivity contribution in [3.63, 3.8) is 0 Å². The van der Waals surface area contributed by atoms with E-state index in [1.807, 2.05) is 24.8 Å². The molecular weight excluding hydrogens is 246 g/mol. The zero-order valence-electron chi connectivity index (χ0n) is 10.5. The van der Waals surface area contributed by atoms with Crippen molar-refractivity contribution in [2.45, 2.75) is 19.4 Å². The van der Waals surface area contributed by atoms with Gasteiger partial charge in [0.15, 0.2) is 0 Å². The molecule has 1 fully saturated rings. The van der Waals surface area contributed by atoms with Crippen LogP contribution in [0.3, 0.4) is 0 Å². The topological polar surface area (TPSA) is 67.2 Å². The van der Waals surface area contributed by atoms with Gasteiger partial charge < -0.3 is 16.4 Å². The lowest BCUT2D eigenvalue weighted by molar-refractivity contribution is 0.0956. The highest BCUT2D eigenvalue weighted by molar-refractivity contribution is 7.99. The lowest BCUT2D eigenvalue weighted by Crippen LogP contribution is -2.23. The van der Waals surface area contributed by atoms with Gasteiger partial charge in [-0.15, -0.1) is 0 Å². The summed E-state index contributed by atoms with van der Waals surface area (Å²) in [5.41, 5.74) is 8.15. The van der Waals surface area contributed by atoms with Crippen molar-refractivity contribution in [3.05, 3.63) is 23.8 Å². The Labute approximate surface area is 112 Å². The maximum atomic E-state index is 11.8. The van der Waals surface area contributed by atoms with Crippen LogP contribution in [-0.4, -0.2) is 30.0 Å². The molecule has 0 bridgehead atoms. The number of carbonyl (C=O) groups excluding carboxylic acids is 1. The van der Waals surface area contributed by atoms with Crippen LogP contribution in [0.4, 0.5) is 11.4 Å². The molecule has 1 unspecified atom stereocenters. The molecule has 98 valence electrons. The van der Waals surface area contributed by atoms with E-state index in [-0.39, 0.29) is 5.91 Å². The van der Waals surface area contributed by atoms with Gasteiger partial charge >= 0.3 is 0 Å². The smallest absolute Gasteiger partial charge is 0.251 e. The highest BCUT2D eigenvalue weighted by Gasteiger charge is 2.16. The van der Waals surface area contributed by atoms with E-state index in [0.717, 1.165) is 17.9 Å². The van der Waals surface area contributed by atoms with E-state index in [0.29, 0.717) is 23.8 Å². The first-order valence-electron chi connectivity index (χ1n) is 6.22. The highest BCUT2D eigenvalue weighted by atomic mass is 32.2. The summed E-state index contributed by atoms with van der Waals surface area (Å²) in [6, 6.07) is 5.84. The minimum Gasteiger partial charge on any atom is -0.397 e. The van der Waals surface area contributed by atoms with Crippen molar-refractivity contribution < 1.29 is 4.79 Å². The van der Waals surface area contributed by atoms with Crippen LogP contribution in [0, 0.1) is 0 Å². The number of anilines is 2. The molecule has 1 aliphatic rings. The molecule has 2 rings (SSSR count). The van der Waals surface area contributed by atoms with Crippen LogP contribution in [0.2, 0.25) is 0 Å². The van der Waals surface area contributed by atoms with Gasteiger partial charge in [-0.2, -0.15) is 11.8 Å². The van der Waals surface area contributed by atoms with Crippen molar-refractivity contribution in [1.29, 1.82) is 0 Å². The zero-order chi connectivity index (χ0) is 13.0. The maximum Gasteiger partial charge on any atom is 0.251 e. The van der Waals surface area contributed by atoms with Gasteiger partial charge in [0.05, 0.1) is 11.4 Å². The van der Waals surface area contributed by atoms with E-state index in [1.54, 1.807) is 12.1 Å². The Morgan fingerprint density at radius 1 is 1.56 bits per heavy atom. The van der Waals surface area contributed by atoms with E-state index in [1.165, 1.54) is 5.75 Å². The quantitative estimate of drug-likeness (QED) is 0.728. The number of amides is 1. The Balaban J connectivity index is 2.12. The number of hydrogen-bond acceptors (Lipinski definition) is 4. The first-order valence-corrected chi connectivity index (χ1v) is 7.38. The molecule has 4 nitrogen and oxygen atoms in total. The van der Waals surface area contributed by atoms with E-state index < -0.39 is 0 Å². The van der Waals surface area contributed by atoms with Gasteiger partial charge in [0.1, 0.15) is 0 Å². The molecule has 1 atom stereocenters. The van der Waals surface area contributed by atoms with Gasteiger partial charge in [0.25, 0.3) is 5.91 Å². The summed E-state index contributed by atoms with van der Waals surface area (Å²) < 4.78 is 0. The van der Waals surface area contributed by atoms with Crippen LogP contribution in [-0.2, 0) is 0 Å². The number of nitrogens with two attached hydrogens (primary N) is 1. The number of thioether (sulfide) groups is 1. The number of rotatable bonds is 4. The Morgan fingerprint density at radius 3 is 3.06 bits per heavy atom. The minimum atomic E-state index is -0.0543. The predicted octanol–water partition coefficient (Wildman–Crippen LogP) is 1.94. The third kappa shape index (κ3) is 3.10. The van der Waals surface area contributed by atoms with Crippen LogP contribution in [0.15, 0.2) is 18.2 Å². The molecule has 0 saturated carbocycles. The maximum absolute atomic E-state index is 11.8. The average Bonchev–Trinajstić information content (AvgIpc) is 2.85. The summed E-state index contributed by atoms with van der Waals surface area (Å²) in [7, 11) is 0. The van der Waals surface area contributed by atoms with Crippen LogP contribution >= 0.6 is 11.8 Å². The van der Waals surface area contributed by atoms with Crippen molar-refractivity contribution in [2.75, 3.05) is 29.1 Å². The minimum absolute atomic E-state index is 0.0543. The number of nitrogen functional groups attached to an aromatic ring is 1. The molecule has 1 aliphatic heterocycles. The Bertz CT molecular complexity index is 430. The fourth-order valence-electron chi connectivity index (χ4n) is 1.95. The van der Waals surface area contributed by atoms with Crippen molar-refractivity contribution in [1.82, 2.24) is 5.32 Å². The molecule has 1 aromatic carbocycles. The van der Waals surface area contributed by atoms with Crippen LogP contribution in [0.5, 0.6) is 0 Å². The van der Waals surface area contributed by atoms with Crippen molar-refractivity contribution in [2.24, 2.45) is 0 Å². The molecule has 0 spiro atoms. The molecular formula is C13H19N3OS. The zero-order valence-corrected chi connectivity index (χ0v) is 11.3. The summed E-state index contributed by atoms with van der Waals surface area (Å²) in [6.07, 6.45) is 1.15. The third-order valence-corrected chi connectivity index (χ3v) is 4.10. The van der Waals surface area contributed by atoms with Gasteiger partial charge in [-0.1, -0.05) is 0 Å². The SMILES string of the molecule is CCNC(=O)c1ccc(N)c(NC2CCSC2)c1. The Kier molecular flexibility index (Phi) is 4.36. The van der Waals surface area contributed by atoms with Crippen LogP contribution < -0.4 is 16.4 Å². The molecule has 0 aliphatic carbocycles. The second-order valence-electron chi connectivity index (χ2n) is 4.37. The molecule has 5 heteroatoms. The van der Waals surface area contributed by atoms with E-state index in [2.05, 4.69) is 10.6 Å². The van der Waals surface area contributed by atoms with Gasteiger partial charge in [0.2, 0.25) is 0 Å². The summed E-state index contributed by atoms with van der Waals surface area (Å²) >= 11 is 1.94. The fourth-order valence-corrected chi connectivity index (χ4v) is 3.11. The molecule has 4 N–H and O–H groups in total. The largest absolute Gasteiger partial charge is 0.397 e. The molecule has 1 aromatic rings. The number of nitrogens with one attached hydrogen (secondary N) is 2. The summed E-state index contributed by atoms with van der Waals surface area (Å²) in [6.45, 7) is 2.54. The third-order valence-electron chi connectivity index (χ3n) is 2.94. The number of hydrogen-bond donors (Lipinski definition) is 3. The van der Waals surface area contributed by atoms with E-state index in [4.69, 9.17) is 5.73 Å². The Hall–Kier alpha value is -1.36. The Morgan fingerprint density at radius 2 is 2.39 bits per heavy atom. The molecule has 18 heavy (non-hydrogen) atoms. The van der Waals surface area contributed by atoms with Gasteiger partial charge in [0, 0.05) is 23.9 Å². The molecule has 1 amide bonds. The monoisotopic (exact) mass is 265 g/mol. The normalized spacial score (nSPS) is 18.6. The van der Waals surface area contributed by atoms with E-state index in [9.17, 15) is 4.79 Å². The lowest BCUT2D eigenvalue weighted by Gasteiger charge is -2.15. The average molecular weight is 265 g/mol. The standard InChI is InChI=1S/C13H19N3OS/c1-2-15-13(17)9-3-4-11(14)12(7-9)16-10-5-6-18-8-10/h3-4,7,10,16H,2,5-6,8,14H2,1H3,(H,15,17). The predicted molar refractivity (Wildman–Crippen MR) is 78.2 cm³/mol. The first kappa shape index (κ1) is 13.1. The molecule has 1 saturated heterocycles. The van der Waals surface area contributed by atoms with Crippen molar-refractivity contribution >= 4 is 29.0 Å². The first-order chi connectivity index (χ1) is 8.70. The van der Waals surface area contributed by atoms with E-state index >= 15 is 0 Å². The van der Waals surface area contributed by atoms with Gasteiger partial charge in [-0.3, -0.25) is 4.79 Å².